The number of benzene rings is 1. The lowest BCUT2D eigenvalue weighted by Crippen LogP contribution is -2.39. The summed E-state index contributed by atoms with van der Waals surface area (Å²) in [4.78, 5) is 38.3. The molecule has 2 amide bonds. The zero-order valence-electron chi connectivity index (χ0n) is 19.8. The number of likely N-dealkylation sites (N-methyl/N-ethyl adjacent to an activating group) is 1. The number of likely N-dealkylation sites (tertiary alicyclic amines) is 1. The van der Waals surface area contributed by atoms with E-state index >= 15 is 0 Å². The van der Waals surface area contributed by atoms with E-state index in [1.54, 1.807) is 51.4 Å². The lowest BCUT2D eigenvalue weighted by atomic mass is 9.95. The predicted molar refractivity (Wildman–Crippen MR) is 121 cm³/mol. The van der Waals surface area contributed by atoms with Gasteiger partial charge in [-0.15, -0.1) is 0 Å². The van der Waals surface area contributed by atoms with Crippen LogP contribution in [0.4, 0.5) is 0 Å². The molecule has 8 nitrogen and oxygen atoms in total. The summed E-state index contributed by atoms with van der Waals surface area (Å²) < 4.78 is 10.7. The first-order valence-corrected chi connectivity index (χ1v) is 10.8. The van der Waals surface area contributed by atoms with Gasteiger partial charge in [0.15, 0.2) is 0 Å². The van der Waals surface area contributed by atoms with Gasteiger partial charge in [-0.25, -0.2) is 9.97 Å². The topological polar surface area (TPSA) is 84.9 Å². The van der Waals surface area contributed by atoms with Crippen molar-refractivity contribution in [3.63, 3.8) is 0 Å². The standard InChI is InChI=1S/C24H32N4O4/c1-15-20(13-22(29)27(3)4)16(2)26-23(25-15)17-8-7-11-28(14-17)24(30)19-10-9-18(31-5)12-21(19)32-6/h9-10,12,17H,7-8,11,13-14H2,1-6H3/t17-/m1/s1. The number of methoxy groups -OCH3 is 2. The highest BCUT2D eigenvalue weighted by molar-refractivity contribution is 5.97. The summed E-state index contributed by atoms with van der Waals surface area (Å²) in [5, 5.41) is 0. The fourth-order valence-corrected chi connectivity index (χ4v) is 4.03. The number of amides is 2. The number of hydrogen-bond acceptors (Lipinski definition) is 6. The minimum Gasteiger partial charge on any atom is -0.497 e. The van der Waals surface area contributed by atoms with E-state index in [1.165, 1.54) is 0 Å². The van der Waals surface area contributed by atoms with Crippen LogP contribution in [0.5, 0.6) is 11.5 Å². The van der Waals surface area contributed by atoms with Crippen LogP contribution in [0.25, 0.3) is 0 Å². The fraction of sp³-hybridized carbons (Fsp3) is 0.500. The molecule has 1 aromatic heterocycles. The number of rotatable bonds is 6. The molecule has 172 valence electrons. The van der Waals surface area contributed by atoms with Crippen LogP contribution >= 0.6 is 0 Å². The monoisotopic (exact) mass is 440 g/mol. The number of carbonyl (C=O) groups is 2. The van der Waals surface area contributed by atoms with Crippen LogP contribution in [-0.2, 0) is 11.2 Å². The van der Waals surface area contributed by atoms with Crippen molar-refractivity contribution in [3.8, 4) is 11.5 Å². The number of carbonyl (C=O) groups excluding carboxylic acids is 2. The predicted octanol–water partition coefficient (Wildman–Crippen LogP) is 2.76. The van der Waals surface area contributed by atoms with Crippen molar-refractivity contribution in [3.05, 3.63) is 46.5 Å². The molecule has 0 spiro atoms. The molecule has 1 saturated heterocycles. The maximum absolute atomic E-state index is 13.3. The average molecular weight is 441 g/mol. The average Bonchev–Trinajstić information content (AvgIpc) is 2.80. The van der Waals surface area contributed by atoms with Gasteiger partial charge in [0.25, 0.3) is 5.91 Å². The number of piperidine rings is 1. The third-order valence-corrected chi connectivity index (χ3v) is 5.98. The highest BCUT2D eigenvalue weighted by Crippen LogP contribution is 2.30. The highest BCUT2D eigenvalue weighted by atomic mass is 16.5. The molecule has 32 heavy (non-hydrogen) atoms. The molecule has 3 rings (SSSR count). The second-order valence-corrected chi connectivity index (χ2v) is 8.35. The Balaban J connectivity index is 1.80. The number of ether oxygens (including phenoxy) is 2. The molecule has 1 fully saturated rings. The maximum atomic E-state index is 13.3. The largest absolute Gasteiger partial charge is 0.497 e. The highest BCUT2D eigenvalue weighted by Gasteiger charge is 2.29. The van der Waals surface area contributed by atoms with E-state index in [1.807, 2.05) is 18.7 Å². The van der Waals surface area contributed by atoms with E-state index in [4.69, 9.17) is 19.4 Å². The molecular formula is C24H32N4O4. The first kappa shape index (κ1) is 23.5. The molecule has 0 unspecified atom stereocenters. The minimum atomic E-state index is -0.0733. The van der Waals surface area contributed by atoms with E-state index in [9.17, 15) is 9.59 Å². The van der Waals surface area contributed by atoms with E-state index in [0.717, 1.165) is 35.6 Å². The van der Waals surface area contributed by atoms with Crippen molar-refractivity contribution in [2.24, 2.45) is 0 Å². The van der Waals surface area contributed by atoms with Gasteiger partial charge in [-0.05, 0) is 38.8 Å². The summed E-state index contributed by atoms with van der Waals surface area (Å²) in [6.07, 6.45) is 2.08. The van der Waals surface area contributed by atoms with Gasteiger partial charge in [-0.1, -0.05) is 0 Å². The van der Waals surface area contributed by atoms with E-state index < -0.39 is 0 Å². The Morgan fingerprint density at radius 2 is 1.81 bits per heavy atom. The molecule has 1 atom stereocenters. The van der Waals surface area contributed by atoms with Gasteiger partial charge in [0.1, 0.15) is 17.3 Å². The lowest BCUT2D eigenvalue weighted by molar-refractivity contribution is -0.128. The Morgan fingerprint density at radius 3 is 2.41 bits per heavy atom. The van der Waals surface area contributed by atoms with Crippen LogP contribution < -0.4 is 9.47 Å². The Hall–Kier alpha value is -3.16. The molecule has 0 bridgehead atoms. The Morgan fingerprint density at radius 1 is 1.12 bits per heavy atom. The number of aromatic nitrogens is 2. The van der Waals surface area contributed by atoms with Gasteiger partial charge >= 0.3 is 0 Å². The van der Waals surface area contributed by atoms with Crippen molar-refractivity contribution in [2.75, 3.05) is 41.4 Å². The minimum absolute atomic E-state index is 0.0235. The van der Waals surface area contributed by atoms with Crippen LogP contribution in [0.2, 0.25) is 0 Å². The Bertz CT molecular complexity index is 982. The molecule has 8 heteroatoms. The summed E-state index contributed by atoms with van der Waals surface area (Å²) >= 11 is 0. The summed E-state index contributed by atoms with van der Waals surface area (Å²) in [5.74, 6) is 1.87. The molecule has 1 aliphatic rings. The lowest BCUT2D eigenvalue weighted by Gasteiger charge is -2.32. The maximum Gasteiger partial charge on any atom is 0.257 e. The third-order valence-electron chi connectivity index (χ3n) is 5.98. The van der Waals surface area contributed by atoms with Crippen LogP contribution in [-0.4, -0.2) is 73.0 Å². The number of aryl methyl sites for hydroxylation is 2. The van der Waals surface area contributed by atoms with Crippen molar-refractivity contribution >= 4 is 11.8 Å². The van der Waals surface area contributed by atoms with Crippen LogP contribution in [0.1, 0.15) is 51.9 Å². The molecule has 0 N–H and O–H groups in total. The zero-order chi connectivity index (χ0) is 23.4. The molecular weight excluding hydrogens is 408 g/mol. The second-order valence-electron chi connectivity index (χ2n) is 8.35. The van der Waals surface area contributed by atoms with Crippen molar-refractivity contribution < 1.29 is 19.1 Å². The first-order chi connectivity index (χ1) is 15.2. The van der Waals surface area contributed by atoms with Gasteiger partial charge in [0, 0.05) is 56.1 Å². The SMILES string of the molecule is COc1ccc(C(=O)N2CCC[C@@H](c3nc(C)c(CC(=O)N(C)C)c(C)n3)C2)c(OC)c1. The summed E-state index contributed by atoms with van der Waals surface area (Å²) in [6.45, 7) is 5.07. The molecule has 0 saturated carbocycles. The van der Waals surface area contributed by atoms with Gasteiger partial charge in [-0.3, -0.25) is 9.59 Å². The van der Waals surface area contributed by atoms with Gasteiger partial charge in [-0.2, -0.15) is 0 Å². The summed E-state index contributed by atoms with van der Waals surface area (Å²) in [6, 6.07) is 5.23. The third kappa shape index (κ3) is 5.00. The van der Waals surface area contributed by atoms with Gasteiger partial charge < -0.3 is 19.3 Å². The second kappa shape index (κ2) is 9.97. The normalized spacial score (nSPS) is 15.9. The molecule has 1 aromatic carbocycles. The quantitative estimate of drug-likeness (QED) is 0.687. The molecule has 2 aromatic rings. The number of hydrogen-bond donors (Lipinski definition) is 0. The molecule has 0 aliphatic carbocycles. The summed E-state index contributed by atoms with van der Waals surface area (Å²) in [7, 11) is 6.62. The molecule has 2 heterocycles. The van der Waals surface area contributed by atoms with E-state index in [-0.39, 0.29) is 24.2 Å². The van der Waals surface area contributed by atoms with Gasteiger partial charge in [0.05, 0.1) is 26.2 Å². The number of nitrogens with zero attached hydrogens (tertiary/aromatic N) is 4. The van der Waals surface area contributed by atoms with Crippen LogP contribution in [0.3, 0.4) is 0 Å². The van der Waals surface area contributed by atoms with E-state index in [2.05, 4.69) is 0 Å². The Labute approximate surface area is 189 Å². The van der Waals surface area contributed by atoms with Gasteiger partial charge in [0.2, 0.25) is 5.91 Å². The first-order valence-electron chi connectivity index (χ1n) is 10.8. The van der Waals surface area contributed by atoms with Crippen LogP contribution in [0, 0.1) is 13.8 Å². The van der Waals surface area contributed by atoms with E-state index in [0.29, 0.717) is 30.2 Å². The Kier molecular flexibility index (Phi) is 7.33. The summed E-state index contributed by atoms with van der Waals surface area (Å²) in [5.41, 5.74) is 3.03. The zero-order valence-corrected chi connectivity index (χ0v) is 19.8. The molecule has 1 aliphatic heterocycles. The van der Waals surface area contributed by atoms with Crippen molar-refractivity contribution in [2.45, 2.75) is 39.0 Å². The van der Waals surface area contributed by atoms with Crippen LogP contribution in [0.15, 0.2) is 18.2 Å². The fourth-order valence-electron chi connectivity index (χ4n) is 4.03. The van der Waals surface area contributed by atoms with Crippen molar-refractivity contribution in [1.29, 1.82) is 0 Å². The van der Waals surface area contributed by atoms with Crippen molar-refractivity contribution in [1.82, 2.24) is 19.8 Å². The smallest absolute Gasteiger partial charge is 0.257 e. The molecule has 0 radical (unpaired) electrons.